The maximum absolute atomic E-state index is 11.9. The van der Waals surface area contributed by atoms with Gasteiger partial charge in [0.25, 0.3) is 0 Å². The predicted octanol–water partition coefficient (Wildman–Crippen LogP) is 0.224. The van der Waals surface area contributed by atoms with Gasteiger partial charge in [-0.25, -0.2) is 4.99 Å². The van der Waals surface area contributed by atoms with Crippen molar-refractivity contribution < 1.29 is 14.0 Å². The minimum atomic E-state index is -1.18. The van der Waals surface area contributed by atoms with E-state index in [1.165, 1.54) is 6.26 Å². The third-order valence-corrected chi connectivity index (χ3v) is 2.24. The monoisotopic (exact) mass is 244 g/mol. The summed E-state index contributed by atoms with van der Waals surface area (Å²) in [6.07, 6.45) is 2.13. The van der Waals surface area contributed by atoms with Crippen LogP contribution in [0, 0.1) is 0 Å². The molecule has 6 nitrogen and oxygen atoms in total. The summed E-state index contributed by atoms with van der Waals surface area (Å²) in [6, 6.07) is 6.66. The molecule has 2 N–H and O–H groups in total. The zero-order chi connectivity index (χ0) is 13.1. The van der Waals surface area contributed by atoms with Gasteiger partial charge >= 0.3 is 11.8 Å². The second-order valence-electron chi connectivity index (χ2n) is 3.44. The number of benzene rings is 1. The molecule has 90 valence electrons. The highest BCUT2D eigenvalue weighted by molar-refractivity contribution is 6.36. The zero-order valence-electron chi connectivity index (χ0n) is 9.12. The molecule has 6 heteroatoms. The van der Waals surface area contributed by atoms with Crippen LogP contribution in [0.2, 0.25) is 0 Å². The molecule has 0 saturated carbocycles. The Labute approximate surface area is 101 Å². The lowest BCUT2D eigenvalue weighted by molar-refractivity contribution is -0.135. The summed E-state index contributed by atoms with van der Waals surface area (Å²) in [5.74, 6) is -2.31. The largest absolute Gasteiger partial charge is 0.463 e. The van der Waals surface area contributed by atoms with Crippen molar-refractivity contribution >= 4 is 29.0 Å². The van der Waals surface area contributed by atoms with E-state index in [1.54, 1.807) is 24.3 Å². The Morgan fingerprint density at radius 1 is 1.28 bits per heavy atom. The number of carbonyl (C=O) groups is 2. The van der Waals surface area contributed by atoms with Crippen LogP contribution < -0.4 is 11.2 Å². The molecular weight excluding hydrogens is 236 g/mol. The van der Waals surface area contributed by atoms with Crippen LogP contribution in [-0.4, -0.2) is 18.0 Å². The molecule has 0 aliphatic rings. The summed E-state index contributed by atoms with van der Waals surface area (Å²) in [5.41, 5.74) is 4.89. The van der Waals surface area contributed by atoms with Gasteiger partial charge in [0.05, 0.1) is 10.9 Å². The molecule has 0 aliphatic heterocycles. The molecule has 2 rings (SSSR count). The molecule has 0 aliphatic carbocycles. The van der Waals surface area contributed by atoms with Gasteiger partial charge in [-0.1, -0.05) is 12.1 Å². The van der Waals surface area contributed by atoms with E-state index in [0.717, 1.165) is 6.21 Å². The molecule has 2 amide bonds. The Balaban J connectivity index is 2.47. The van der Waals surface area contributed by atoms with E-state index in [1.807, 2.05) is 0 Å². The van der Waals surface area contributed by atoms with Crippen LogP contribution in [-0.2, 0) is 9.59 Å². The Hall–Kier alpha value is -2.76. The molecule has 1 aromatic carbocycles. The number of aliphatic imine (C=N–C) groups is 1. The number of nitrogens with zero attached hydrogens (tertiary/aromatic N) is 1. The van der Waals surface area contributed by atoms with Crippen LogP contribution in [0.1, 0.15) is 5.56 Å². The molecule has 0 unspecified atom stereocenters. The van der Waals surface area contributed by atoms with Gasteiger partial charge in [-0.15, -0.1) is 0 Å². The molecule has 1 heterocycles. The first-order valence-electron chi connectivity index (χ1n) is 4.98. The summed E-state index contributed by atoms with van der Waals surface area (Å²) in [7, 11) is 0. The van der Waals surface area contributed by atoms with E-state index < -0.39 is 11.8 Å². The van der Waals surface area contributed by atoms with Gasteiger partial charge in [-0.3, -0.25) is 14.4 Å². The van der Waals surface area contributed by atoms with Crippen LogP contribution >= 0.6 is 0 Å². The first-order chi connectivity index (χ1) is 8.59. The molecule has 0 bridgehead atoms. The van der Waals surface area contributed by atoms with Crippen molar-refractivity contribution in [1.82, 2.24) is 0 Å². The lowest BCUT2D eigenvalue weighted by Crippen LogP contribution is -2.21. The number of nitrogens with two attached hydrogens (primary N) is 1. The first-order valence-corrected chi connectivity index (χ1v) is 4.98. The minimum Gasteiger partial charge on any atom is -0.463 e. The highest BCUT2D eigenvalue weighted by Gasteiger charge is 2.07. The van der Waals surface area contributed by atoms with Crippen LogP contribution in [0.4, 0.5) is 0 Å². The van der Waals surface area contributed by atoms with Crippen molar-refractivity contribution in [3.8, 4) is 0 Å². The fourth-order valence-corrected chi connectivity index (χ4v) is 1.37. The van der Waals surface area contributed by atoms with E-state index in [4.69, 9.17) is 10.2 Å². The van der Waals surface area contributed by atoms with Crippen LogP contribution in [0.5, 0.6) is 0 Å². The average Bonchev–Trinajstić information content (AvgIpc) is 2.38. The minimum absolute atomic E-state index is 0.0725. The van der Waals surface area contributed by atoms with Crippen LogP contribution in [0.15, 0.2) is 44.7 Å². The van der Waals surface area contributed by atoms with Crippen molar-refractivity contribution in [3.63, 3.8) is 0 Å². The Bertz CT molecular complexity index is 715. The van der Waals surface area contributed by atoms with E-state index >= 15 is 0 Å². The predicted molar refractivity (Wildman–Crippen MR) is 64.3 cm³/mol. The smallest absolute Gasteiger partial charge is 0.334 e. The quantitative estimate of drug-likeness (QED) is 0.572. The topological polar surface area (TPSA) is 103 Å². The third kappa shape index (κ3) is 2.17. The number of rotatable bonds is 1. The maximum Gasteiger partial charge on any atom is 0.334 e. The fourth-order valence-electron chi connectivity index (χ4n) is 1.37. The second kappa shape index (κ2) is 4.62. The van der Waals surface area contributed by atoms with E-state index in [9.17, 15) is 14.4 Å². The fraction of sp³-hybridized carbons (Fsp3) is 0. The number of amides is 2. The SMILES string of the molecule is NC(=O)C(=O)N=Cc1coc2ccccc2c1=O. The lowest BCUT2D eigenvalue weighted by Gasteiger charge is -1.96. The Morgan fingerprint density at radius 2 is 2.00 bits per heavy atom. The summed E-state index contributed by atoms with van der Waals surface area (Å²) in [6.45, 7) is 0. The van der Waals surface area contributed by atoms with Crippen molar-refractivity contribution in [2.24, 2.45) is 10.7 Å². The number of primary amides is 1. The van der Waals surface area contributed by atoms with E-state index in [0.29, 0.717) is 11.0 Å². The molecule has 0 saturated heterocycles. The Kier molecular flexibility index (Phi) is 3.01. The molecule has 2 aromatic rings. The highest BCUT2D eigenvalue weighted by atomic mass is 16.3. The zero-order valence-corrected chi connectivity index (χ0v) is 9.12. The van der Waals surface area contributed by atoms with Crippen molar-refractivity contribution in [2.45, 2.75) is 0 Å². The number of carbonyl (C=O) groups excluding carboxylic acids is 2. The molecular formula is C12H8N2O4. The van der Waals surface area contributed by atoms with E-state index in [-0.39, 0.29) is 11.0 Å². The summed E-state index contributed by atoms with van der Waals surface area (Å²) in [4.78, 5) is 36.6. The van der Waals surface area contributed by atoms with Crippen molar-refractivity contribution in [1.29, 1.82) is 0 Å². The molecule has 0 fully saturated rings. The summed E-state index contributed by atoms with van der Waals surface area (Å²) < 4.78 is 5.20. The normalized spacial score (nSPS) is 10.9. The average molecular weight is 244 g/mol. The summed E-state index contributed by atoms with van der Waals surface area (Å²) >= 11 is 0. The third-order valence-electron chi connectivity index (χ3n) is 2.24. The van der Waals surface area contributed by atoms with Gasteiger partial charge in [0.15, 0.2) is 0 Å². The van der Waals surface area contributed by atoms with E-state index in [2.05, 4.69) is 4.99 Å². The van der Waals surface area contributed by atoms with Crippen LogP contribution in [0.3, 0.4) is 0 Å². The first kappa shape index (κ1) is 11.7. The maximum atomic E-state index is 11.9. The molecule has 0 atom stereocenters. The summed E-state index contributed by atoms with van der Waals surface area (Å²) in [5, 5.41) is 0.368. The van der Waals surface area contributed by atoms with Crippen LogP contribution in [0.25, 0.3) is 11.0 Å². The number of hydrogen-bond acceptors (Lipinski definition) is 4. The molecule has 0 spiro atoms. The molecule has 18 heavy (non-hydrogen) atoms. The van der Waals surface area contributed by atoms with Gasteiger partial charge in [0.2, 0.25) is 5.43 Å². The van der Waals surface area contributed by atoms with Crippen molar-refractivity contribution in [2.75, 3.05) is 0 Å². The molecule has 0 radical (unpaired) electrons. The highest BCUT2D eigenvalue weighted by Crippen LogP contribution is 2.09. The number of fused-ring (bicyclic) bond motifs is 1. The standard InChI is InChI=1S/C12H8N2O4/c13-11(16)12(17)14-5-7-6-18-9-4-2-1-3-8(9)10(7)15/h1-6H,(H2,13,16). The van der Waals surface area contributed by atoms with Crippen molar-refractivity contribution in [3.05, 3.63) is 46.3 Å². The number of para-hydroxylation sites is 1. The van der Waals surface area contributed by atoms with Gasteiger partial charge in [-0.05, 0) is 12.1 Å². The second-order valence-corrected chi connectivity index (χ2v) is 3.44. The van der Waals surface area contributed by atoms with Gasteiger partial charge in [-0.2, -0.15) is 0 Å². The molecule has 1 aromatic heterocycles. The van der Waals surface area contributed by atoms with Gasteiger partial charge < -0.3 is 10.2 Å². The Morgan fingerprint density at radius 3 is 2.72 bits per heavy atom. The lowest BCUT2D eigenvalue weighted by atomic mass is 10.2. The number of hydrogen-bond donors (Lipinski definition) is 1. The van der Waals surface area contributed by atoms with Gasteiger partial charge in [0.1, 0.15) is 11.8 Å². The van der Waals surface area contributed by atoms with Gasteiger partial charge in [0, 0.05) is 6.21 Å².